The Kier molecular flexibility index (Phi) is 7.82. The van der Waals surface area contributed by atoms with Crippen LogP contribution in [-0.2, 0) is 19.2 Å². The van der Waals surface area contributed by atoms with Gasteiger partial charge in [-0.05, 0) is 32.1 Å². The number of carboxylic acid groups (broad SMARTS) is 1. The highest BCUT2D eigenvalue weighted by Gasteiger charge is 2.35. The van der Waals surface area contributed by atoms with E-state index in [1.165, 1.54) is 11.8 Å². The van der Waals surface area contributed by atoms with Gasteiger partial charge in [0.25, 0.3) is 0 Å². The van der Waals surface area contributed by atoms with E-state index in [1.54, 1.807) is 0 Å². The van der Waals surface area contributed by atoms with E-state index in [0.717, 1.165) is 0 Å². The fraction of sp³-hybridized carbons (Fsp3) is 0.750. The fourth-order valence-electron chi connectivity index (χ4n) is 2.80. The molecule has 1 heterocycles. The highest BCUT2D eigenvalue weighted by molar-refractivity contribution is 5.93. The Morgan fingerprint density at radius 3 is 2.36 bits per heavy atom. The van der Waals surface area contributed by atoms with Gasteiger partial charge in [-0.2, -0.15) is 0 Å². The molecule has 0 bridgehead atoms. The van der Waals surface area contributed by atoms with E-state index in [1.807, 2.05) is 13.8 Å². The van der Waals surface area contributed by atoms with E-state index < -0.39 is 35.9 Å². The summed E-state index contributed by atoms with van der Waals surface area (Å²) in [7, 11) is 0. The molecule has 3 unspecified atom stereocenters. The fourth-order valence-corrected chi connectivity index (χ4v) is 2.80. The third-order valence-corrected chi connectivity index (χ3v) is 4.12. The van der Waals surface area contributed by atoms with Crippen LogP contribution in [0.25, 0.3) is 0 Å². The Labute approximate surface area is 147 Å². The topological polar surface area (TPSA) is 142 Å². The average molecular weight is 356 g/mol. The first-order chi connectivity index (χ1) is 11.7. The van der Waals surface area contributed by atoms with E-state index in [-0.39, 0.29) is 18.4 Å². The number of carbonyl (C=O) groups is 4. The lowest BCUT2D eigenvalue weighted by molar-refractivity contribution is -0.142. The Hall–Kier alpha value is -2.16. The molecule has 1 saturated heterocycles. The molecule has 1 aliphatic rings. The zero-order valence-corrected chi connectivity index (χ0v) is 14.9. The Balaban J connectivity index is 2.79. The van der Waals surface area contributed by atoms with E-state index in [4.69, 9.17) is 10.8 Å². The molecule has 0 saturated carbocycles. The summed E-state index contributed by atoms with van der Waals surface area (Å²) in [6.07, 6.45) is 1.57. The Bertz CT molecular complexity index is 523. The van der Waals surface area contributed by atoms with Crippen molar-refractivity contribution in [3.8, 4) is 0 Å². The molecule has 0 aliphatic carbocycles. The van der Waals surface area contributed by atoms with Gasteiger partial charge in [-0.1, -0.05) is 13.8 Å². The smallest absolute Gasteiger partial charge is 0.325 e. The van der Waals surface area contributed by atoms with E-state index in [9.17, 15) is 19.2 Å². The van der Waals surface area contributed by atoms with Crippen molar-refractivity contribution < 1.29 is 24.3 Å². The second-order valence-electron chi connectivity index (χ2n) is 6.71. The first kappa shape index (κ1) is 20.9. The monoisotopic (exact) mass is 356 g/mol. The van der Waals surface area contributed by atoms with Crippen LogP contribution < -0.4 is 16.4 Å². The van der Waals surface area contributed by atoms with Gasteiger partial charge in [-0.15, -0.1) is 0 Å². The summed E-state index contributed by atoms with van der Waals surface area (Å²) in [5.41, 5.74) is 5.37. The normalized spacial score (nSPS) is 19.4. The molecule has 25 heavy (non-hydrogen) atoms. The molecule has 1 fully saturated rings. The van der Waals surface area contributed by atoms with Crippen molar-refractivity contribution in [1.82, 2.24) is 15.5 Å². The molecule has 9 nitrogen and oxygen atoms in total. The van der Waals surface area contributed by atoms with Gasteiger partial charge in [0.15, 0.2) is 0 Å². The number of amides is 3. The third kappa shape index (κ3) is 6.00. The number of carboxylic acids is 1. The van der Waals surface area contributed by atoms with Gasteiger partial charge >= 0.3 is 5.97 Å². The number of rotatable bonds is 8. The number of likely N-dealkylation sites (tertiary alicyclic amines) is 1. The van der Waals surface area contributed by atoms with Crippen molar-refractivity contribution in [2.24, 2.45) is 11.7 Å². The molecule has 0 aromatic heterocycles. The molecular formula is C16H28N4O5. The molecule has 1 rings (SSSR count). The number of carbonyl (C=O) groups excluding carboxylic acids is 3. The molecule has 142 valence electrons. The number of nitrogens with two attached hydrogens (primary N) is 1. The van der Waals surface area contributed by atoms with Crippen LogP contribution in [0.15, 0.2) is 0 Å². The Morgan fingerprint density at radius 2 is 1.84 bits per heavy atom. The van der Waals surface area contributed by atoms with Gasteiger partial charge in [-0.25, -0.2) is 0 Å². The minimum absolute atomic E-state index is 0.113. The number of hydrogen-bond donors (Lipinski definition) is 4. The standard InChI is InChI=1S/C16H28N4O5/c1-9(2)7-11(14(22)18-10(3)16(24)25)19-15(23)12-5-4-6-20(12)13(21)8-17/h9-12H,4-8,17H2,1-3H3,(H,18,22)(H,19,23)(H,24,25). The molecule has 5 N–H and O–H groups in total. The average Bonchev–Trinajstić information content (AvgIpc) is 3.02. The van der Waals surface area contributed by atoms with Crippen LogP contribution in [0.5, 0.6) is 0 Å². The van der Waals surface area contributed by atoms with Crippen molar-refractivity contribution in [2.45, 2.75) is 58.2 Å². The predicted octanol–water partition coefficient (Wildman–Crippen LogP) is -0.944. The second kappa shape index (κ2) is 9.36. The summed E-state index contributed by atoms with van der Waals surface area (Å²) in [5, 5.41) is 14.0. The SMILES string of the molecule is CC(C)CC(NC(=O)C1CCCN1C(=O)CN)C(=O)NC(C)C(=O)O. The quantitative estimate of drug-likeness (QED) is 0.442. The number of hydrogen-bond acceptors (Lipinski definition) is 5. The maximum atomic E-state index is 12.5. The Morgan fingerprint density at radius 1 is 1.20 bits per heavy atom. The van der Waals surface area contributed by atoms with Gasteiger partial charge in [-0.3, -0.25) is 19.2 Å². The van der Waals surface area contributed by atoms with Crippen LogP contribution in [-0.4, -0.2) is 64.9 Å². The van der Waals surface area contributed by atoms with Crippen molar-refractivity contribution in [3.63, 3.8) is 0 Å². The maximum absolute atomic E-state index is 12.5. The van der Waals surface area contributed by atoms with Crippen LogP contribution in [0.1, 0.15) is 40.0 Å². The predicted molar refractivity (Wildman–Crippen MR) is 90.4 cm³/mol. The largest absolute Gasteiger partial charge is 0.480 e. The van der Waals surface area contributed by atoms with Gasteiger partial charge in [0.2, 0.25) is 17.7 Å². The van der Waals surface area contributed by atoms with Crippen LogP contribution in [0.4, 0.5) is 0 Å². The van der Waals surface area contributed by atoms with Crippen molar-refractivity contribution in [3.05, 3.63) is 0 Å². The van der Waals surface area contributed by atoms with Crippen LogP contribution >= 0.6 is 0 Å². The highest BCUT2D eigenvalue weighted by atomic mass is 16.4. The summed E-state index contributed by atoms with van der Waals surface area (Å²) in [4.78, 5) is 49.0. The lowest BCUT2D eigenvalue weighted by Crippen LogP contribution is -2.55. The first-order valence-electron chi connectivity index (χ1n) is 8.50. The molecule has 3 amide bonds. The maximum Gasteiger partial charge on any atom is 0.325 e. The van der Waals surface area contributed by atoms with Gasteiger partial charge < -0.3 is 26.4 Å². The highest BCUT2D eigenvalue weighted by Crippen LogP contribution is 2.18. The summed E-state index contributed by atoms with van der Waals surface area (Å²) in [6, 6.07) is -2.55. The number of aliphatic carboxylic acids is 1. The molecule has 9 heteroatoms. The molecule has 0 radical (unpaired) electrons. The zero-order valence-electron chi connectivity index (χ0n) is 14.9. The van der Waals surface area contributed by atoms with Gasteiger partial charge in [0.05, 0.1) is 6.54 Å². The summed E-state index contributed by atoms with van der Waals surface area (Å²) >= 11 is 0. The zero-order chi connectivity index (χ0) is 19.1. The molecule has 3 atom stereocenters. The van der Waals surface area contributed by atoms with Crippen LogP contribution in [0.3, 0.4) is 0 Å². The number of nitrogens with zero attached hydrogens (tertiary/aromatic N) is 1. The summed E-state index contributed by atoms with van der Waals surface area (Å²) < 4.78 is 0. The molecule has 0 spiro atoms. The van der Waals surface area contributed by atoms with Gasteiger partial charge in [0.1, 0.15) is 18.1 Å². The molecule has 1 aliphatic heterocycles. The van der Waals surface area contributed by atoms with E-state index in [0.29, 0.717) is 25.8 Å². The number of nitrogens with one attached hydrogen (secondary N) is 2. The summed E-state index contributed by atoms with van der Waals surface area (Å²) in [5.74, 6) is -2.31. The summed E-state index contributed by atoms with van der Waals surface area (Å²) in [6.45, 7) is 5.44. The van der Waals surface area contributed by atoms with Crippen LogP contribution in [0.2, 0.25) is 0 Å². The second-order valence-corrected chi connectivity index (χ2v) is 6.71. The van der Waals surface area contributed by atoms with E-state index in [2.05, 4.69) is 10.6 Å². The van der Waals surface area contributed by atoms with Crippen LogP contribution in [0, 0.1) is 5.92 Å². The van der Waals surface area contributed by atoms with Crippen molar-refractivity contribution in [2.75, 3.05) is 13.1 Å². The van der Waals surface area contributed by atoms with Crippen molar-refractivity contribution >= 4 is 23.7 Å². The third-order valence-electron chi connectivity index (χ3n) is 4.12. The molecule has 0 aromatic carbocycles. The minimum Gasteiger partial charge on any atom is -0.480 e. The van der Waals surface area contributed by atoms with Crippen molar-refractivity contribution in [1.29, 1.82) is 0 Å². The molecule has 0 aromatic rings. The lowest BCUT2D eigenvalue weighted by atomic mass is 10.0. The van der Waals surface area contributed by atoms with Gasteiger partial charge in [0, 0.05) is 6.54 Å². The lowest BCUT2D eigenvalue weighted by Gasteiger charge is -2.27. The molecular weight excluding hydrogens is 328 g/mol. The first-order valence-corrected chi connectivity index (χ1v) is 8.50. The van der Waals surface area contributed by atoms with E-state index >= 15 is 0 Å². The minimum atomic E-state index is -1.15.